The number of nitrogens with zero attached hydrogens (tertiary/aromatic N) is 3. The summed E-state index contributed by atoms with van der Waals surface area (Å²) in [4.78, 5) is 11.5. The molecule has 0 atom stereocenters. The lowest BCUT2D eigenvalue weighted by atomic mass is 10.2. The number of carbonyl (C=O) groups excluding carboxylic acids is 1. The van der Waals surface area contributed by atoms with Gasteiger partial charge >= 0.3 is 0 Å². The molecule has 0 unspecified atom stereocenters. The van der Waals surface area contributed by atoms with E-state index in [4.69, 9.17) is 0 Å². The van der Waals surface area contributed by atoms with Gasteiger partial charge in [0, 0.05) is 19.0 Å². The molecule has 9 heteroatoms. The Labute approximate surface area is 122 Å². The molecule has 0 aliphatic carbocycles. The number of carbonyl (C=O) groups is 1. The van der Waals surface area contributed by atoms with E-state index in [0.717, 1.165) is 30.6 Å². The highest BCUT2D eigenvalue weighted by Gasteiger charge is 2.29. The molecule has 20 heavy (non-hydrogen) atoms. The number of aromatic nitrogens is 2. The quantitative estimate of drug-likeness (QED) is 0.845. The van der Waals surface area contributed by atoms with E-state index in [0.29, 0.717) is 13.1 Å². The fourth-order valence-corrected chi connectivity index (χ4v) is 4.39. The Morgan fingerprint density at radius 2 is 1.90 bits per heavy atom. The summed E-state index contributed by atoms with van der Waals surface area (Å²) in [5.74, 6) is -0.399. The average molecular weight is 318 g/mol. The summed E-state index contributed by atoms with van der Waals surface area (Å²) in [5, 5.41) is 10.2. The predicted molar refractivity (Wildman–Crippen MR) is 76.0 cm³/mol. The molecule has 1 amide bonds. The van der Waals surface area contributed by atoms with Gasteiger partial charge in [0.25, 0.3) is 10.0 Å². The van der Waals surface area contributed by atoms with Crippen molar-refractivity contribution in [3.63, 3.8) is 0 Å². The molecule has 0 radical (unpaired) electrons. The number of piperidine rings is 1. The van der Waals surface area contributed by atoms with Crippen LogP contribution in [0, 0.1) is 5.92 Å². The number of nitrogens with one attached hydrogen (secondary N) is 1. The zero-order valence-electron chi connectivity index (χ0n) is 11.5. The molecule has 1 N–H and O–H groups in total. The number of anilines is 1. The topological polar surface area (TPSA) is 92.3 Å². The van der Waals surface area contributed by atoms with Crippen LogP contribution in [0.15, 0.2) is 4.34 Å². The Morgan fingerprint density at radius 1 is 1.25 bits per heavy atom. The normalized spacial score (nSPS) is 17.4. The molecule has 112 valence electrons. The van der Waals surface area contributed by atoms with Crippen molar-refractivity contribution >= 4 is 32.4 Å². The minimum absolute atomic E-state index is 0.0570. The van der Waals surface area contributed by atoms with Gasteiger partial charge in [0.2, 0.25) is 15.4 Å². The van der Waals surface area contributed by atoms with Crippen molar-refractivity contribution < 1.29 is 13.2 Å². The van der Waals surface area contributed by atoms with Gasteiger partial charge in [-0.05, 0) is 12.8 Å². The summed E-state index contributed by atoms with van der Waals surface area (Å²) in [6.07, 6.45) is 2.79. The molecule has 7 nitrogen and oxygen atoms in total. The summed E-state index contributed by atoms with van der Waals surface area (Å²) in [6.45, 7) is 4.55. The first-order chi connectivity index (χ1) is 9.41. The van der Waals surface area contributed by atoms with Crippen LogP contribution in [-0.4, -0.2) is 41.9 Å². The third-order valence-corrected chi connectivity index (χ3v) is 6.12. The lowest BCUT2D eigenvalue weighted by molar-refractivity contribution is -0.118. The van der Waals surface area contributed by atoms with Crippen molar-refractivity contribution in [1.82, 2.24) is 14.5 Å². The highest BCUT2D eigenvalue weighted by Crippen LogP contribution is 2.25. The molecule has 0 bridgehead atoms. The highest BCUT2D eigenvalue weighted by molar-refractivity contribution is 7.91. The second-order valence-corrected chi connectivity index (χ2v) is 8.07. The Morgan fingerprint density at radius 3 is 2.50 bits per heavy atom. The molecule has 1 fully saturated rings. The molecule has 1 saturated heterocycles. The van der Waals surface area contributed by atoms with Gasteiger partial charge < -0.3 is 5.32 Å². The van der Waals surface area contributed by atoms with Crippen LogP contribution < -0.4 is 5.32 Å². The lowest BCUT2D eigenvalue weighted by Gasteiger charge is -2.24. The van der Waals surface area contributed by atoms with Crippen LogP contribution in [0.2, 0.25) is 0 Å². The van der Waals surface area contributed by atoms with Crippen LogP contribution in [0.5, 0.6) is 0 Å². The third-order valence-electron chi connectivity index (χ3n) is 3.04. The SMILES string of the molecule is CC(C)C(=O)Nc1nnc(S(=O)(=O)N2CCCCC2)s1. The monoisotopic (exact) mass is 318 g/mol. The van der Waals surface area contributed by atoms with E-state index < -0.39 is 10.0 Å². The maximum Gasteiger partial charge on any atom is 0.272 e. The van der Waals surface area contributed by atoms with Crippen LogP contribution in [0.1, 0.15) is 33.1 Å². The second-order valence-electron chi connectivity index (χ2n) is 4.98. The fraction of sp³-hybridized carbons (Fsp3) is 0.727. The summed E-state index contributed by atoms with van der Waals surface area (Å²) in [5.41, 5.74) is 0. The molecule has 2 heterocycles. The van der Waals surface area contributed by atoms with Crippen molar-refractivity contribution in [3.05, 3.63) is 0 Å². The summed E-state index contributed by atoms with van der Waals surface area (Å²) < 4.78 is 26.1. The molecule has 0 spiro atoms. The van der Waals surface area contributed by atoms with Crippen molar-refractivity contribution in [2.24, 2.45) is 5.92 Å². The van der Waals surface area contributed by atoms with E-state index in [-0.39, 0.29) is 21.3 Å². The minimum atomic E-state index is -3.57. The summed E-state index contributed by atoms with van der Waals surface area (Å²) in [7, 11) is -3.57. The smallest absolute Gasteiger partial charge is 0.272 e. The molecular formula is C11H18N4O3S2. The van der Waals surface area contributed by atoms with Gasteiger partial charge in [-0.2, -0.15) is 4.31 Å². The number of hydrogen-bond donors (Lipinski definition) is 1. The van der Waals surface area contributed by atoms with Crippen molar-refractivity contribution in [2.45, 2.75) is 37.4 Å². The second kappa shape index (κ2) is 6.15. The third kappa shape index (κ3) is 3.33. The molecule has 0 aromatic carbocycles. The first-order valence-electron chi connectivity index (χ1n) is 6.56. The van der Waals surface area contributed by atoms with Crippen LogP contribution in [0.3, 0.4) is 0 Å². The molecule has 2 rings (SSSR count). The van der Waals surface area contributed by atoms with Crippen molar-refractivity contribution in [1.29, 1.82) is 0 Å². The minimum Gasteiger partial charge on any atom is -0.300 e. The van der Waals surface area contributed by atoms with Crippen molar-refractivity contribution in [2.75, 3.05) is 18.4 Å². The largest absolute Gasteiger partial charge is 0.300 e. The molecule has 1 aliphatic heterocycles. The van der Waals surface area contributed by atoms with Crippen LogP contribution >= 0.6 is 11.3 Å². The van der Waals surface area contributed by atoms with E-state index in [1.54, 1.807) is 13.8 Å². The van der Waals surface area contributed by atoms with E-state index in [1.807, 2.05) is 0 Å². The zero-order chi connectivity index (χ0) is 14.8. The first-order valence-corrected chi connectivity index (χ1v) is 8.81. The Balaban J connectivity index is 2.13. The highest BCUT2D eigenvalue weighted by atomic mass is 32.2. The maximum absolute atomic E-state index is 12.3. The van der Waals surface area contributed by atoms with E-state index in [9.17, 15) is 13.2 Å². The lowest BCUT2D eigenvalue weighted by Crippen LogP contribution is -2.35. The number of hydrogen-bond acceptors (Lipinski definition) is 6. The number of amides is 1. The maximum atomic E-state index is 12.3. The predicted octanol–water partition coefficient (Wildman–Crippen LogP) is 1.31. The Kier molecular flexibility index (Phi) is 4.71. The average Bonchev–Trinajstić information content (AvgIpc) is 2.89. The van der Waals surface area contributed by atoms with E-state index in [1.165, 1.54) is 4.31 Å². The van der Waals surface area contributed by atoms with Crippen LogP contribution in [-0.2, 0) is 14.8 Å². The van der Waals surface area contributed by atoms with Gasteiger partial charge in [0.05, 0.1) is 0 Å². The Bertz CT molecular complexity index is 576. The van der Waals surface area contributed by atoms with E-state index in [2.05, 4.69) is 15.5 Å². The standard InChI is InChI=1S/C11H18N4O3S2/c1-8(2)9(16)12-10-13-14-11(19-10)20(17,18)15-6-4-3-5-7-15/h8H,3-7H2,1-2H3,(H,12,13,16). The fourth-order valence-electron chi connectivity index (χ4n) is 1.83. The Hall–Kier alpha value is -1.06. The van der Waals surface area contributed by atoms with Gasteiger partial charge in [-0.3, -0.25) is 4.79 Å². The molecule has 1 aromatic rings. The van der Waals surface area contributed by atoms with Gasteiger partial charge in [0.1, 0.15) is 0 Å². The number of sulfonamides is 1. The first kappa shape index (κ1) is 15.3. The molecule has 1 aliphatic rings. The van der Waals surface area contributed by atoms with Crippen LogP contribution in [0.25, 0.3) is 0 Å². The summed E-state index contributed by atoms with van der Waals surface area (Å²) >= 11 is 0.895. The van der Waals surface area contributed by atoms with Crippen LogP contribution in [0.4, 0.5) is 5.13 Å². The van der Waals surface area contributed by atoms with E-state index >= 15 is 0 Å². The summed E-state index contributed by atoms with van der Waals surface area (Å²) in [6, 6.07) is 0. The molecular weight excluding hydrogens is 300 g/mol. The van der Waals surface area contributed by atoms with Crippen molar-refractivity contribution in [3.8, 4) is 0 Å². The van der Waals surface area contributed by atoms with Gasteiger partial charge in [0.15, 0.2) is 0 Å². The van der Waals surface area contributed by atoms with Gasteiger partial charge in [-0.1, -0.05) is 31.6 Å². The molecule has 1 aromatic heterocycles. The molecule has 0 saturated carbocycles. The van der Waals surface area contributed by atoms with Gasteiger partial charge in [-0.25, -0.2) is 8.42 Å². The number of rotatable bonds is 4. The van der Waals surface area contributed by atoms with Gasteiger partial charge in [-0.15, -0.1) is 10.2 Å². The zero-order valence-corrected chi connectivity index (χ0v) is 13.1.